The Bertz CT molecular complexity index is 715. The SMILES string of the molecule is CC(NC(=O)c1cc(N=O)cc(C(F)(F)F)c1)c1ccccc1. The van der Waals surface area contributed by atoms with Gasteiger partial charge < -0.3 is 5.32 Å². The second kappa shape index (κ2) is 6.60. The number of nitrogens with one attached hydrogen (secondary N) is 1. The molecule has 1 unspecified atom stereocenters. The molecule has 0 heterocycles. The lowest BCUT2D eigenvalue weighted by Gasteiger charge is -2.15. The first-order valence-corrected chi connectivity index (χ1v) is 6.72. The number of nitrogens with zero attached hydrogens (tertiary/aromatic N) is 1. The van der Waals surface area contributed by atoms with Crippen LogP contribution in [0.5, 0.6) is 0 Å². The number of benzene rings is 2. The van der Waals surface area contributed by atoms with E-state index in [-0.39, 0.29) is 5.56 Å². The van der Waals surface area contributed by atoms with Gasteiger partial charge in [-0.1, -0.05) is 30.3 Å². The number of rotatable bonds is 4. The zero-order chi connectivity index (χ0) is 17.0. The average Bonchev–Trinajstić information content (AvgIpc) is 2.54. The monoisotopic (exact) mass is 322 g/mol. The summed E-state index contributed by atoms with van der Waals surface area (Å²) in [6.07, 6.45) is -4.67. The Kier molecular flexibility index (Phi) is 4.78. The first-order chi connectivity index (χ1) is 10.8. The van der Waals surface area contributed by atoms with Gasteiger partial charge in [-0.25, -0.2) is 0 Å². The predicted molar refractivity (Wildman–Crippen MR) is 79.2 cm³/mol. The van der Waals surface area contributed by atoms with Crippen LogP contribution in [0.3, 0.4) is 0 Å². The van der Waals surface area contributed by atoms with Gasteiger partial charge in [0, 0.05) is 5.56 Å². The average molecular weight is 322 g/mol. The number of hydrogen-bond acceptors (Lipinski definition) is 3. The molecule has 23 heavy (non-hydrogen) atoms. The van der Waals surface area contributed by atoms with Crippen LogP contribution in [-0.4, -0.2) is 5.91 Å². The van der Waals surface area contributed by atoms with E-state index in [0.717, 1.165) is 11.6 Å². The third-order valence-electron chi connectivity index (χ3n) is 3.26. The molecule has 0 bridgehead atoms. The minimum atomic E-state index is -4.67. The molecule has 1 amide bonds. The lowest BCUT2D eigenvalue weighted by atomic mass is 10.1. The highest BCUT2D eigenvalue weighted by Gasteiger charge is 2.32. The van der Waals surface area contributed by atoms with Crippen molar-refractivity contribution in [1.29, 1.82) is 0 Å². The van der Waals surface area contributed by atoms with Gasteiger partial charge in [0.05, 0.1) is 11.6 Å². The van der Waals surface area contributed by atoms with Gasteiger partial charge in [0.1, 0.15) is 5.69 Å². The van der Waals surface area contributed by atoms with Gasteiger partial charge in [-0.15, -0.1) is 4.91 Å². The summed E-state index contributed by atoms with van der Waals surface area (Å²) in [4.78, 5) is 22.7. The number of hydrogen-bond donors (Lipinski definition) is 1. The molecular formula is C16H13F3N2O2. The van der Waals surface area contributed by atoms with E-state index in [2.05, 4.69) is 10.5 Å². The molecule has 0 aliphatic rings. The molecule has 0 aromatic heterocycles. The molecule has 2 aromatic rings. The van der Waals surface area contributed by atoms with Crippen molar-refractivity contribution in [1.82, 2.24) is 5.32 Å². The van der Waals surface area contributed by atoms with Crippen LogP contribution in [0.15, 0.2) is 53.7 Å². The highest BCUT2D eigenvalue weighted by molar-refractivity contribution is 5.95. The molecule has 1 atom stereocenters. The maximum absolute atomic E-state index is 12.8. The third-order valence-corrected chi connectivity index (χ3v) is 3.26. The summed E-state index contributed by atoms with van der Waals surface area (Å²) in [5.74, 6) is -0.711. The van der Waals surface area contributed by atoms with Crippen molar-refractivity contribution in [2.45, 2.75) is 19.1 Å². The second-order valence-corrected chi connectivity index (χ2v) is 4.96. The quantitative estimate of drug-likeness (QED) is 0.837. The van der Waals surface area contributed by atoms with Crippen molar-refractivity contribution in [3.8, 4) is 0 Å². The molecule has 0 fully saturated rings. The zero-order valence-electron chi connectivity index (χ0n) is 12.1. The van der Waals surface area contributed by atoms with Crippen molar-refractivity contribution in [2.24, 2.45) is 5.18 Å². The van der Waals surface area contributed by atoms with Gasteiger partial charge >= 0.3 is 6.18 Å². The zero-order valence-corrected chi connectivity index (χ0v) is 12.1. The molecular weight excluding hydrogens is 309 g/mol. The Hall–Kier alpha value is -2.70. The van der Waals surface area contributed by atoms with Crippen molar-refractivity contribution >= 4 is 11.6 Å². The lowest BCUT2D eigenvalue weighted by Crippen LogP contribution is -2.27. The van der Waals surface area contributed by atoms with Crippen molar-refractivity contribution in [3.05, 3.63) is 70.1 Å². The highest BCUT2D eigenvalue weighted by atomic mass is 19.4. The van der Waals surface area contributed by atoms with Crippen LogP contribution in [0.4, 0.5) is 18.9 Å². The van der Waals surface area contributed by atoms with Gasteiger partial charge in [0.15, 0.2) is 0 Å². The molecule has 0 aliphatic carbocycles. The molecule has 0 saturated carbocycles. The Morgan fingerprint density at radius 3 is 2.35 bits per heavy atom. The summed E-state index contributed by atoms with van der Waals surface area (Å²) in [7, 11) is 0. The topological polar surface area (TPSA) is 58.5 Å². The Labute approximate surface area is 130 Å². The van der Waals surface area contributed by atoms with E-state index in [1.807, 2.05) is 6.07 Å². The van der Waals surface area contributed by atoms with E-state index in [0.29, 0.717) is 12.1 Å². The summed E-state index contributed by atoms with van der Waals surface area (Å²) in [5.41, 5.74) is -0.997. The summed E-state index contributed by atoms with van der Waals surface area (Å²) in [6.45, 7) is 1.71. The number of carbonyl (C=O) groups excluding carboxylic acids is 1. The standard InChI is InChI=1S/C16H13F3N2O2/c1-10(11-5-3-2-4-6-11)20-15(22)12-7-13(16(17,18)19)9-14(8-12)21-23/h2-10H,1H3,(H,20,22). The van der Waals surface area contributed by atoms with Crippen LogP contribution in [0.1, 0.15) is 34.5 Å². The molecule has 0 saturated heterocycles. The van der Waals surface area contributed by atoms with E-state index in [9.17, 15) is 22.9 Å². The molecule has 0 radical (unpaired) electrons. The minimum Gasteiger partial charge on any atom is -0.346 e. The Morgan fingerprint density at radius 2 is 1.78 bits per heavy atom. The van der Waals surface area contributed by atoms with E-state index >= 15 is 0 Å². The number of alkyl halides is 3. The van der Waals surface area contributed by atoms with E-state index in [1.54, 1.807) is 31.2 Å². The second-order valence-electron chi connectivity index (χ2n) is 4.96. The van der Waals surface area contributed by atoms with Gasteiger partial charge in [0.25, 0.3) is 5.91 Å². The van der Waals surface area contributed by atoms with Gasteiger partial charge in [-0.05, 0) is 35.9 Å². The van der Waals surface area contributed by atoms with Crippen LogP contribution < -0.4 is 5.32 Å². The number of amides is 1. The summed E-state index contributed by atoms with van der Waals surface area (Å²) in [5, 5.41) is 5.09. The van der Waals surface area contributed by atoms with Crippen LogP contribution in [-0.2, 0) is 6.18 Å². The third kappa shape index (κ3) is 4.15. The molecule has 120 valence electrons. The van der Waals surface area contributed by atoms with E-state index < -0.39 is 29.4 Å². The summed E-state index contributed by atoms with van der Waals surface area (Å²) >= 11 is 0. The normalized spacial score (nSPS) is 12.5. The molecule has 0 spiro atoms. The smallest absolute Gasteiger partial charge is 0.346 e. The van der Waals surface area contributed by atoms with Gasteiger partial charge in [-0.2, -0.15) is 13.2 Å². The lowest BCUT2D eigenvalue weighted by molar-refractivity contribution is -0.137. The summed E-state index contributed by atoms with van der Waals surface area (Å²) in [6, 6.07) is 10.9. The molecule has 2 rings (SSSR count). The molecule has 1 N–H and O–H groups in total. The molecule has 0 aliphatic heterocycles. The highest BCUT2D eigenvalue weighted by Crippen LogP contribution is 2.32. The Balaban J connectivity index is 2.27. The van der Waals surface area contributed by atoms with Crippen LogP contribution >= 0.6 is 0 Å². The number of halogens is 3. The van der Waals surface area contributed by atoms with Gasteiger partial charge in [-0.3, -0.25) is 4.79 Å². The maximum Gasteiger partial charge on any atom is 0.416 e. The minimum absolute atomic E-state index is 0.266. The van der Waals surface area contributed by atoms with E-state index in [1.165, 1.54) is 0 Å². The summed E-state index contributed by atoms with van der Waals surface area (Å²) < 4.78 is 38.4. The Morgan fingerprint density at radius 1 is 1.13 bits per heavy atom. The van der Waals surface area contributed by atoms with Crippen LogP contribution in [0, 0.1) is 4.91 Å². The fourth-order valence-corrected chi connectivity index (χ4v) is 2.06. The molecule has 7 heteroatoms. The van der Waals surface area contributed by atoms with Gasteiger partial charge in [0.2, 0.25) is 0 Å². The van der Waals surface area contributed by atoms with Crippen molar-refractivity contribution in [3.63, 3.8) is 0 Å². The largest absolute Gasteiger partial charge is 0.416 e. The first-order valence-electron chi connectivity index (χ1n) is 6.72. The van der Waals surface area contributed by atoms with Crippen molar-refractivity contribution < 1.29 is 18.0 Å². The fourth-order valence-electron chi connectivity index (χ4n) is 2.06. The molecule has 2 aromatic carbocycles. The number of nitroso groups, excluding NO2 is 1. The fraction of sp³-hybridized carbons (Fsp3) is 0.188. The van der Waals surface area contributed by atoms with Crippen molar-refractivity contribution in [2.75, 3.05) is 0 Å². The molecule has 4 nitrogen and oxygen atoms in total. The first kappa shape index (κ1) is 16.7. The number of carbonyl (C=O) groups is 1. The van der Waals surface area contributed by atoms with E-state index in [4.69, 9.17) is 0 Å². The van der Waals surface area contributed by atoms with Crippen LogP contribution in [0.25, 0.3) is 0 Å². The predicted octanol–water partition coefficient (Wildman–Crippen LogP) is 4.59. The maximum atomic E-state index is 12.8. The van der Waals surface area contributed by atoms with Crippen LogP contribution in [0.2, 0.25) is 0 Å².